The molecular formula is C26H44N6O5S. The Bertz CT molecular complexity index is 860. The molecule has 1 aromatic carbocycles. The van der Waals surface area contributed by atoms with E-state index in [1.165, 1.54) is 11.8 Å². The highest BCUT2D eigenvalue weighted by atomic mass is 32.2. The lowest BCUT2D eigenvalue weighted by Gasteiger charge is -2.25. The maximum atomic E-state index is 13.4. The zero-order chi connectivity index (χ0) is 28.3. The highest BCUT2D eigenvalue weighted by molar-refractivity contribution is 7.98. The van der Waals surface area contributed by atoms with Gasteiger partial charge >= 0.3 is 5.97 Å². The number of thioether (sulfide) groups is 1. The number of hydrogen-bond donors (Lipinski definition) is 7. The van der Waals surface area contributed by atoms with Crippen LogP contribution in [0.4, 0.5) is 0 Å². The topological polar surface area (TPSA) is 203 Å². The number of rotatable bonds is 20. The van der Waals surface area contributed by atoms with Crippen LogP contribution >= 0.6 is 11.8 Å². The minimum Gasteiger partial charge on any atom is -0.480 e. The van der Waals surface area contributed by atoms with Crippen LogP contribution in [-0.4, -0.2) is 78.1 Å². The van der Waals surface area contributed by atoms with E-state index in [0.717, 1.165) is 12.0 Å². The van der Waals surface area contributed by atoms with Gasteiger partial charge in [-0.1, -0.05) is 36.8 Å². The zero-order valence-corrected chi connectivity index (χ0v) is 23.0. The number of hydrogen-bond acceptors (Lipinski definition) is 8. The lowest BCUT2D eigenvalue weighted by Crippen LogP contribution is -2.57. The van der Waals surface area contributed by atoms with Crippen LogP contribution in [0.3, 0.4) is 0 Å². The van der Waals surface area contributed by atoms with Crippen molar-refractivity contribution < 1.29 is 24.3 Å². The van der Waals surface area contributed by atoms with Crippen LogP contribution in [0.2, 0.25) is 0 Å². The number of unbranched alkanes of at least 4 members (excludes halogenated alkanes) is 2. The van der Waals surface area contributed by atoms with Crippen LogP contribution < -0.4 is 33.2 Å². The van der Waals surface area contributed by atoms with Gasteiger partial charge in [-0.15, -0.1) is 0 Å². The van der Waals surface area contributed by atoms with Crippen molar-refractivity contribution in [3.05, 3.63) is 35.9 Å². The van der Waals surface area contributed by atoms with Crippen molar-refractivity contribution in [1.82, 2.24) is 16.0 Å². The molecule has 0 saturated carbocycles. The summed E-state index contributed by atoms with van der Waals surface area (Å²) in [6.07, 6.45) is 5.61. The minimum absolute atomic E-state index is 0.191. The predicted octanol–water partition coefficient (Wildman–Crippen LogP) is 0.107. The molecule has 3 amide bonds. The van der Waals surface area contributed by atoms with Gasteiger partial charge in [0.05, 0.1) is 6.04 Å². The van der Waals surface area contributed by atoms with E-state index in [-0.39, 0.29) is 19.3 Å². The first kappa shape index (κ1) is 33.4. The molecule has 0 saturated heterocycles. The third-order valence-corrected chi connectivity index (χ3v) is 6.67. The summed E-state index contributed by atoms with van der Waals surface area (Å²) in [6.45, 7) is 0.920. The fourth-order valence-corrected chi connectivity index (χ4v) is 4.25. The number of carboxylic acid groups (broad SMARTS) is 1. The van der Waals surface area contributed by atoms with E-state index in [1.807, 2.05) is 36.6 Å². The van der Waals surface area contributed by atoms with E-state index >= 15 is 0 Å². The van der Waals surface area contributed by atoms with Crippen LogP contribution in [-0.2, 0) is 25.6 Å². The minimum atomic E-state index is -1.14. The van der Waals surface area contributed by atoms with Gasteiger partial charge in [0.15, 0.2) is 0 Å². The Kier molecular flexibility index (Phi) is 17.0. The zero-order valence-electron chi connectivity index (χ0n) is 22.2. The summed E-state index contributed by atoms with van der Waals surface area (Å²) in [6, 6.07) is 5.32. The summed E-state index contributed by atoms with van der Waals surface area (Å²) in [5, 5.41) is 17.5. The molecule has 0 aliphatic heterocycles. The molecule has 1 rings (SSSR count). The van der Waals surface area contributed by atoms with Crippen LogP contribution in [0.25, 0.3) is 0 Å². The smallest absolute Gasteiger partial charge is 0.326 e. The Morgan fingerprint density at radius 3 is 1.92 bits per heavy atom. The average Bonchev–Trinajstić information content (AvgIpc) is 2.90. The summed E-state index contributed by atoms with van der Waals surface area (Å²) in [5.74, 6) is -2.20. The molecule has 0 aliphatic rings. The number of carbonyl (C=O) groups excluding carboxylic acids is 3. The normalized spacial score (nSPS) is 14.1. The monoisotopic (exact) mass is 552 g/mol. The molecule has 214 valence electrons. The summed E-state index contributed by atoms with van der Waals surface area (Å²) < 4.78 is 0. The lowest BCUT2D eigenvalue weighted by molar-refractivity contribution is -0.142. The highest BCUT2D eigenvalue weighted by Crippen LogP contribution is 2.09. The van der Waals surface area contributed by atoms with Crippen molar-refractivity contribution in [2.45, 2.75) is 75.5 Å². The maximum Gasteiger partial charge on any atom is 0.326 e. The molecular weight excluding hydrogens is 508 g/mol. The first-order valence-electron chi connectivity index (χ1n) is 13.1. The van der Waals surface area contributed by atoms with Gasteiger partial charge in [0.25, 0.3) is 0 Å². The molecule has 0 aliphatic carbocycles. The predicted molar refractivity (Wildman–Crippen MR) is 150 cm³/mol. The Morgan fingerprint density at radius 2 is 1.34 bits per heavy atom. The van der Waals surface area contributed by atoms with Crippen molar-refractivity contribution in [3.8, 4) is 0 Å². The number of nitrogens with one attached hydrogen (secondary N) is 3. The third-order valence-electron chi connectivity index (χ3n) is 6.03. The van der Waals surface area contributed by atoms with E-state index in [2.05, 4.69) is 16.0 Å². The SMILES string of the molecule is CSCCC(NC(=O)C(CCCCN)NC(=O)C(Cc1ccccc1)NC(=O)C(N)CCCCN)C(=O)O. The fourth-order valence-electron chi connectivity index (χ4n) is 3.78. The molecule has 0 aromatic heterocycles. The summed E-state index contributed by atoms with van der Waals surface area (Å²) in [7, 11) is 0. The molecule has 0 bridgehead atoms. The Morgan fingerprint density at radius 1 is 0.789 bits per heavy atom. The van der Waals surface area contributed by atoms with Crippen LogP contribution in [0.1, 0.15) is 50.5 Å². The Hall–Kier alpha value is -2.67. The van der Waals surface area contributed by atoms with Gasteiger partial charge in [-0.3, -0.25) is 14.4 Å². The lowest BCUT2D eigenvalue weighted by atomic mass is 10.0. The highest BCUT2D eigenvalue weighted by Gasteiger charge is 2.30. The van der Waals surface area contributed by atoms with Gasteiger partial charge in [0, 0.05) is 6.42 Å². The second-order valence-corrected chi connectivity index (χ2v) is 10.2. The van der Waals surface area contributed by atoms with E-state index < -0.39 is 47.9 Å². The maximum absolute atomic E-state index is 13.4. The first-order chi connectivity index (χ1) is 18.2. The van der Waals surface area contributed by atoms with Crippen molar-refractivity contribution >= 4 is 35.5 Å². The largest absolute Gasteiger partial charge is 0.480 e. The molecule has 12 heteroatoms. The molecule has 4 unspecified atom stereocenters. The van der Waals surface area contributed by atoms with Gasteiger partial charge in [0.1, 0.15) is 18.1 Å². The van der Waals surface area contributed by atoms with Gasteiger partial charge in [-0.25, -0.2) is 4.79 Å². The molecule has 4 atom stereocenters. The third kappa shape index (κ3) is 13.2. The number of aliphatic carboxylic acids is 1. The number of benzene rings is 1. The van der Waals surface area contributed by atoms with E-state index in [4.69, 9.17) is 17.2 Å². The number of carboxylic acids is 1. The first-order valence-corrected chi connectivity index (χ1v) is 14.4. The van der Waals surface area contributed by atoms with Crippen molar-refractivity contribution in [1.29, 1.82) is 0 Å². The summed E-state index contributed by atoms with van der Waals surface area (Å²) >= 11 is 1.47. The number of nitrogens with two attached hydrogens (primary N) is 3. The summed E-state index contributed by atoms with van der Waals surface area (Å²) in [5.41, 5.74) is 18.0. The molecule has 1 aromatic rings. The van der Waals surface area contributed by atoms with Gasteiger partial charge in [-0.2, -0.15) is 11.8 Å². The van der Waals surface area contributed by atoms with Crippen molar-refractivity contribution in [3.63, 3.8) is 0 Å². The van der Waals surface area contributed by atoms with Gasteiger partial charge in [0.2, 0.25) is 17.7 Å². The van der Waals surface area contributed by atoms with Crippen LogP contribution in [0.5, 0.6) is 0 Å². The number of carbonyl (C=O) groups is 4. The van der Waals surface area contributed by atoms with Crippen molar-refractivity contribution in [2.24, 2.45) is 17.2 Å². The molecule has 0 fully saturated rings. The van der Waals surface area contributed by atoms with Gasteiger partial charge < -0.3 is 38.3 Å². The van der Waals surface area contributed by atoms with Crippen LogP contribution in [0, 0.1) is 0 Å². The molecule has 0 radical (unpaired) electrons. The molecule has 10 N–H and O–H groups in total. The van der Waals surface area contributed by atoms with Crippen molar-refractivity contribution in [2.75, 3.05) is 25.1 Å². The fraction of sp³-hybridized carbons (Fsp3) is 0.615. The molecule has 0 spiro atoms. The molecule has 38 heavy (non-hydrogen) atoms. The standard InChI is InChI=1S/C26H44N6O5S/c1-38-16-13-21(26(36)37)31-24(34)20(12-6-8-15-28)30-25(35)22(17-18-9-3-2-4-10-18)32-23(33)19(29)11-5-7-14-27/h2-4,9-10,19-22H,5-8,11-17,27-29H2,1H3,(H,30,35)(H,31,34)(H,32,33)(H,36,37). The second-order valence-electron chi connectivity index (χ2n) is 9.17. The Balaban J connectivity index is 3.04. The van der Waals surface area contributed by atoms with Crippen LogP contribution in [0.15, 0.2) is 30.3 Å². The molecule has 0 heterocycles. The van der Waals surface area contributed by atoms with E-state index in [9.17, 15) is 24.3 Å². The second kappa shape index (κ2) is 19.4. The average molecular weight is 553 g/mol. The van der Waals surface area contributed by atoms with E-state index in [0.29, 0.717) is 44.5 Å². The quantitative estimate of drug-likeness (QED) is 0.110. The molecule has 11 nitrogen and oxygen atoms in total. The number of amides is 3. The summed E-state index contributed by atoms with van der Waals surface area (Å²) in [4.78, 5) is 50.9. The Labute approximate surface area is 229 Å². The van der Waals surface area contributed by atoms with E-state index in [1.54, 1.807) is 0 Å². The van der Waals surface area contributed by atoms with Gasteiger partial charge in [-0.05, 0) is 69.2 Å².